The summed E-state index contributed by atoms with van der Waals surface area (Å²) >= 11 is 6.36. The van der Waals surface area contributed by atoms with E-state index in [-0.39, 0.29) is 11.9 Å². The zero-order valence-electron chi connectivity index (χ0n) is 22.2. The molecule has 0 saturated carbocycles. The fourth-order valence-electron chi connectivity index (χ4n) is 5.72. The molecule has 0 aliphatic carbocycles. The fourth-order valence-corrected chi connectivity index (χ4v) is 5.89. The average Bonchev–Trinajstić information content (AvgIpc) is 3.32. The van der Waals surface area contributed by atoms with Gasteiger partial charge in [-0.1, -0.05) is 23.7 Å². The van der Waals surface area contributed by atoms with Crippen LogP contribution in [-0.2, 0) is 6.42 Å². The Morgan fingerprint density at radius 2 is 1.77 bits per heavy atom. The average molecular weight is 543 g/mol. The number of nitrogens with zero attached hydrogens (tertiary/aromatic N) is 5. The van der Waals surface area contributed by atoms with Gasteiger partial charge in [-0.3, -0.25) is 14.8 Å². The molecule has 200 valence electrons. The Morgan fingerprint density at radius 3 is 2.56 bits per heavy atom. The largest absolute Gasteiger partial charge is 0.397 e. The molecule has 39 heavy (non-hydrogen) atoms. The van der Waals surface area contributed by atoms with Crippen LogP contribution in [0.5, 0.6) is 0 Å². The topological polar surface area (TPSA) is 62.7 Å². The van der Waals surface area contributed by atoms with Crippen molar-refractivity contribution in [2.24, 2.45) is 0 Å². The summed E-state index contributed by atoms with van der Waals surface area (Å²) in [5, 5.41) is 1.49. The van der Waals surface area contributed by atoms with Crippen LogP contribution in [0.15, 0.2) is 73.1 Å². The number of benzene rings is 2. The van der Waals surface area contributed by atoms with E-state index in [9.17, 15) is 0 Å². The molecule has 0 radical (unpaired) electrons. The number of piperazine rings is 1. The van der Waals surface area contributed by atoms with E-state index < -0.39 is 0 Å². The van der Waals surface area contributed by atoms with Crippen molar-refractivity contribution >= 4 is 33.8 Å². The number of nitrogens with two attached hydrogens (primary N) is 1. The zero-order valence-corrected chi connectivity index (χ0v) is 22.9. The second kappa shape index (κ2) is 10.6. The normalized spacial score (nSPS) is 15.9. The van der Waals surface area contributed by atoms with E-state index in [0.717, 1.165) is 60.4 Å². The molecule has 1 fully saturated rings. The van der Waals surface area contributed by atoms with E-state index in [4.69, 9.17) is 22.3 Å². The molecule has 6 rings (SSSR count). The summed E-state index contributed by atoms with van der Waals surface area (Å²) in [5.41, 5.74) is 11.6. The molecule has 2 aromatic carbocycles. The molecule has 6 nitrogen and oxygen atoms in total. The number of halogens is 2. The number of aromatic nitrogens is 3. The maximum absolute atomic E-state index is 15.3. The summed E-state index contributed by atoms with van der Waals surface area (Å²) in [6, 6.07) is 19.4. The van der Waals surface area contributed by atoms with Gasteiger partial charge in [-0.15, -0.1) is 0 Å². The molecule has 3 aromatic heterocycles. The Labute approximate surface area is 232 Å². The molecule has 1 aliphatic rings. The van der Waals surface area contributed by atoms with E-state index in [1.807, 2.05) is 36.5 Å². The van der Waals surface area contributed by atoms with Crippen LogP contribution in [0.2, 0.25) is 5.02 Å². The van der Waals surface area contributed by atoms with Crippen LogP contribution in [0.25, 0.3) is 27.8 Å². The molecule has 1 unspecified atom stereocenters. The number of rotatable bonds is 6. The van der Waals surface area contributed by atoms with E-state index in [0.29, 0.717) is 28.0 Å². The molecule has 1 saturated heterocycles. The second-order valence-electron chi connectivity index (χ2n) is 10.6. The number of hydrogen-bond acceptors (Lipinski definition) is 5. The van der Waals surface area contributed by atoms with E-state index in [1.165, 1.54) is 6.07 Å². The first-order chi connectivity index (χ1) is 18.9. The molecule has 1 atom stereocenters. The van der Waals surface area contributed by atoms with Crippen LogP contribution in [0.4, 0.5) is 10.1 Å². The third-order valence-corrected chi connectivity index (χ3v) is 8.02. The quantitative estimate of drug-likeness (QED) is 0.275. The Hall–Kier alpha value is -3.52. The number of anilines is 1. The maximum Gasteiger partial charge on any atom is 0.137 e. The summed E-state index contributed by atoms with van der Waals surface area (Å²) in [4.78, 5) is 14.4. The van der Waals surface area contributed by atoms with Gasteiger partial charge in [0.15, 0.2) is 0 Å². The molecule has 4 heterocycles. The second-order valence-corrected chi connectivity index (χ2v) is 11.0. The van der Waals surface area contributed by atoms with Crippen LogP contribution in [-0.4, -0.2) is 56.4 Å². The summed E-state index contributed by atoms with van der Waals surface area (Å²) in [6.07, 6.45) is 4.43. The lowest BCUT2D eigenvalue weighted by molar-refractivity contribution is 0.0762. The van der Waals surface area contributed by atoms with Crippen LogP contribution in [0.1, 0.15) is 31.1 Å². The molecule has 1 aliphatic heterocycles. The predicted octanol–water partition coefficient (Wildman–Crippen LogP) is 6.23. The lowest BCUT2D eigenvalue weighted by Crippen LogP contribution is -2.50. The van der Waals surface area contributed by atoms with Crippen molar-refractivity contribution in [3.05, 3.63) is 95.2 Å². The predicted molar refractivity (Wildman–Crippen MR) is 156 cm³/mol. The summed E-state index contributed by atoms with van der Waals surface area (Å²) < 4.78 is 17.4. The highest BCUT2D eigenvalue weighted by Gasteiger charge is 2.32. The van der Waals surface area contributed by atoms with Crippen LogP contribution in [0.3, 0.4) is 0 Å². The van der Waals surface area contributed by atoms with Crippen molar-refractivity contribution in [1.82, 2.24) is 24.2 Å². The van der Waals surface area contributed by atoms with Gasteiger partial charge in [0.1, 0.15) is 11.5 Å². The minimum atomic E-state index is -0.334. The number of imidazole rings is 1. The van der Waals surface area contributed by atoms with Crippen LogP contribution in [0, 0.1) is 5.82 Å². The number of pyridine rings is 2. The number of nitrogen functional groups attached to an aromatic ring is 1. The van der Waals surface area contributed by atoms with Gasteiger partial charge in [0, 0.05) is 54.4 Å². The maximum atomic E-state index is 15.3. The minimum Gasteiger partial charge on any atom is -0.397 e. The zero-order chi connectivity index (χ0) is 27.1. The van der Waals surface area contributed by atoms with Crippen molar-refractivity contribution in [2.45, 2.75) is 32.4 Å². The number of hydrogen-bond donors (Lipinski definition) is 1. The third kappa shape index (κ3) is 5.10. The van der Waals surface area contributed by atoms with Gasteiger partial charge in [-0.05, 0) is 74.4 Å². The molecular weight excluding hydrogens is 511 g/mol. The molecule has 0 spiro atoms. The molecule has 8 heteroatoms. The van der Waals surface area contributed by atoms with Gasteiger partial charge >= 0.3 is 0 Å². The summed E-state index contributed by atoms with van der Waals surface area (Å²) in [5.74, 6) is -0.334. The highest BCUT2D eigenvalue weighted by molar-refractivity contribution is 6.30. The Bertz CT molecular complexity index is 1640. The SMILES string of the molecule is CC(C)N1CCN(C(Cc2ccc3ncc(N)cc3c2)c2c(-c3cc(Cl)ccc3F)nc3ccccn23)CC1. The standard InChI is InChI=1S/C31H32ClFN6/c1-20(2)37-11-13-38(14-12-37)28(16-21-6-9-27-22(15-21)17-24(34)19-35-27)31-30(25-18-23(32)7-8-26(25)33)36-29-5-3-4-10-39(29)31/h3-10,15,17-20,28H,11-14,16,34H2,1-2H3. The van der Waals surface area contributed by atoms with Gasteiger partial charge in [0.2, 0.25) is 0 Å². The lowest BCUT2D eigenvalue weighted by Gasteiger charge is -2.41. The van der Waals surface area contributed by atoms with Gasteiger partial charge in [-0.25, -0.2) is 9.37 Å². The summed E-state index contributed by atoms with van der Waals surface area (Å²) in [7, 11) is 0. The van der Waals surface area contributed by atoms with E-state index in [2.05, 4.69) is 45.2 Å². The van der Waals surface area contributed by atoms with Gasteiger partial charge < -0.3 is 10.1 Å². The van der Waals surface area contributed by atoms with Gasteiger partial charge in [0.25, 0.3) is 0 Å². The number of fused-ring (bicyclic) bond motifs is 2. The van der Waals surface area contributed by atoms with Crippen molar-refractivity contribution in [3.8, 4) is 11.3 Å². The summed E-state index contributed by atoms with van der Waals surface area (Å²) in [6.45, 7) is 8.25. The Kier molecular flexibility index (Phi) is 6.97. The van der Waals surface area contributed by atoms with E-state index >= 15 is 4.39 Å². The monoisotopic (exact) mass is 542 g/mol. The first-order valence-electron chi connectivity index (χ1n) is 13.4. The smallest absolute Gasteiger partial charge is 0.137 e. The minimum absolute atomic E-state index is 0.0448. The van der Waals surface area contributed by atoms with Crippen LogP contribution < -0.4 is 5.73 Å². The first-order valence-corrected chi connectivity index (χ1v) is 13.8. The molecular formula is C31H32ClFN6. The lowest BCUT2D eigenvalue weighted by atomic mass is 9.96. The first kappa shape index (κ1) is 25.7. The van der Waals surface area contributed by atoms with Gasteiger partial charge in [0.05, 0.1) is 34.8 Å². The third-order valence-electron chi connectivity index (χ3n) is 7.78. The molecule has 2 N–H and O–H groups in total. The molecule has 0 bridgehead atoms. The van der Waals surface area contributed by atoms with Crippen molar-refractivity contribution < 1.29 is 4.39 Å². The molecule has 0 amide bonds. The van der Waals surface area contributed by atoms with Crippen molar-refractivity contribution in [3.63, 3.8) is 0 Å². The Balaban J connectivity index is 1.50. The van der Waals surface area contributed by atoms with Gasteiger partial charge in [-0.2, -0.15) is 0 Å². The van der Waals surface area contributed by atoms with Crippen molar-refractivity contribution in [2.75, 3.05) is 31.9 Å². The highest BCUT2D eigenvalue weighted by Crippen LogP contribution is 2.37. The fraction of sp³-hybridized carbons (Fsp3) is 0.290. The highest BCUT2D eigenvalue weighted by atomic mass is 35.5. The van der Waals surface area contributed by atoms with Crippen molar-refractivity contribution in [1.29, 1.82) is 0 Å². The Morgan fingerprint density at radius 1 is 0.974 bits per heavy atom. The molecule has 5 aromatic rings. The van der Waals surface area contributed by atoms with Crippen LogP contribution >= 0.6 is 11.6 Å². The van der Waals surface area contributed by atoms with E-state index in [1.54, 1.807) is 18.3 Å².